The van der Waals surface area contributed by atoms with Crippen molar-refractivity contribution < 1.29 is 14.3 Å². The molecular weight excluding hydrogens is 336 g/mol. The first-order chi connectivity index (χ1) is 12.0. The maximum atomic E-state index is 12.2. The summed E-state index contributed by atoms with van der Waals surface area (Å²) in [6, 6.07) is 9.24. The highest BCUT2D eigenvalue weighted by atomic mass is 32.1. The minimum Gasteiger partial charge on any atom is -0.493 e. The van der Waals surface area contributed by atoms with E-state index in [1.165, 1.54) is 17.4 Å². The number of carbonyl (C=O) groups excluding carboxylic acids is 2. The monoisotopic (exact) mass is 358 g/mol. The van der Waals surface area contributed by atoms with Gasteiger partial charge in [-0.1, -0.05) is 32.0 Å². The second kappa shape index (κ2) is 9.03. The van der Waals surface area contributed by atoms with Crippen molar-refractivity contribution in [2.24, 2.45) is 5.73 Å². The Kier molecular flexibility index (Phi) is 6.77. The lowest BCUT2D eigenvalue weighted by molar-refractivity contribution is -0.111. The van der Waals surface area contributed by atoms with Crippen LogP contribution in [-0.4, -0.2) is 18.4 Å². The molecule has 6 heteroatoms. The zero-order valence-electron chi connectivity index (χ0n) is 14.4. The Balaban J connectivity index is 2.12. The van der Waals surface area contributed by atoms with Crippen molar-refractivity contribution in [2.45, 2.75) is 26.7 Å². The third-order valence-electron chi connectivity index (χ3n) is 3.43. The standard InChI is InChI=1S/C19H22N2O3S/c1-3-11-24-16-8-6-5-7-13(16)9-10-17(22)21-19-15(18(20)23)12-14(4-2)25-19/h5-10,12H,3-4,11H2,1-2H3,(H2,20,23)(H,21,22)/b10-9+. The first-order valence-corrected chi connectivity index (χ1v) is 9.00. The van der Waals surface area contributed by atoms with Crippen LogP contribution in [0.3, 0.4) is 0 Å². The van der Waals surface area contributed by atoms with Crippen LogP contribution in [0.15, 0.2) is 36.4 Å². The summed E-state index contributed by atoms with van der Waals surface area (Å²) < 4.78 is 5.66. The van der Waals surface area contributed by atoms with Crippen molar-refractivity contribution in [1.29, 1.82) is 0 Å². The van der Waals surface area contributed by atoms with Crippen molar-refractivity contribution >= 4 is 34.2 Å². The van der Waals surface area contributed by atoms with Gasteiger partial charge >= 0.3 is 0 Å². The number of nitrogens with two attached hydrogens (primary N) is 1. The van der Waals surface area contributed by atoms with E-state index in [1.807, 2.05) is 38.1 Å². The number of hydrogen-bond acceptors (Lipinski definition) is 4. The molecule has 0 saturated carbocycles. The number of ether oxygens (including phenoxy) is 1. The van der Waals surface area contributed by atoms with E-state index in [-0.39, 0.29) is 5.91 Å². The molecule has 2 rings (SSSR count). The predicted octanol–water partition coefficient (Wildman–Crippen LogP) is 3.85. The summed E-state index contributed by atoms with van der Waals surface area (Å²) in [5.41, 5.74) is 6.54. The molecule has 0 spiro atoms. The lowest BCUT2D eigenvalue weighted by Gasteiger charge is -2.07. The fraction of sp³-hybridized carbons (Fsp3) is 0.263. The number of nitrogens with one attached hydrogen (secondary N) is 1. The second-order valence-corrected chi connectivity index (χ2v) is 6.52. The molecule has 2 amide bonds. The Morgan fingerprint density at radius 2 is 2.04 bits per heavy atom. The van der Waals surface area contributed by atoms with Gasteiger partial charge in [0, 0.05) is 16.5 Å². The van der Waals surface area contributed by atoms with Gasteiger partial charge in [-0.25, -0.2) is 0 Å². The maximum absolute atomic E-state index is 12.2. The number of carbonyl (C=O) groups is 2. The van der Waals surface area contributed by atoms with Crippen LogP contribution < -0.4 is 15.8 Å². The van der Waals surface area contributed by atoms with Crippen LogP contribution in [0.1, 0.15) is 41.1 Å². The lowest BCUT2D eigenvalue weighted by Crippen LogP contribution is -2.14. The smallest absolute Gasteiger partial charge is 0.251 e. The number of hydrogen-bond donors (Lipinski definition) is 2. The quantitative estimate of drug-likeness (QED) is 0.703. The topological polar surface area (TPSA) is 81.4 Å². The molecule has 2 aromatic rings. The normalized spacial score (nSPS) is 10.8. The summed E-state index contributed by atoms with van der Waals surface area (Å²) >= 11 is 1.36. The summed E-state index contributed by atoms with van der Waals surface area (Å²) in [6.07, 6.45) is 4.80. The Morgan fingerprint density at radius 1 is 1.28 bits per heavy atom. The van der Waals surface area contributed by atoms with Crippen molar-refractivity contribution in [3.05, 3.63) is 52.4 Å². The Labute approximate surface area is 151 Å². The summed E-state index contributed by atoms with van der Waals surface area (Å²) in [5.74, 6) is -0.138. The first kappa shape index (κ1) is 18.7. The molecule has 132 valence electrons. The summed E-state index contributed by atoms with van der Waals surface area (Å²) in [6.45, 7) is 4.64. The zero-order chi connectivity index (χ0) is 18.2. The predicted molar refractivity (Wildman–Crippen MR) is 102 cm³/mol. The van der Waals surface area contributed by atoms with Gasteiger partial charge < -0.3 is 15.8 Å². The second-order valence-electron chi connectivity index (χ2n) is 5.38. The number of rotatable bonds is 8. The molecule has 0 aliphatic carbocycles. The van der Waals surface area contributed by atoms with E-state index in [9.17, 15) is 9.59 Å². The van der Waals surface area contributed by atoms with E-state index in [0.29, 0.717) is 17.2 Å². The number of para-hydroxylation sites is 1. The van der Waals surface area contributed by atoms with Crippen LogP contribution in [0.5, 0.6) is 5.75 Å². The number of thiophene rings is 1. The van der Waals surface area contributed by atoms with Crippen molar-refractivity contribution in [3.63, 3.8) is 0 Å². The van der Waals surface area contributed by atoms with Crippen molar-refractivity contribution in [2.75, 3.05) is 11.9 Å². The summed E-state index contributed by atoms with van der Waals surface area (Å²) in [5, 5.41) is 3.21. The molecule has 0 aliphatic heterocycles. The van der Waals surface area contributed by atoms with E-state index in [4.69, 9.17) is 10.5 Å². The maximum Gasteiger partial charge on any atom is 0.251 e. The summed E-state index contributed by atoms with van der Waals surface area (Å²) in [4.78, 5) is 24.7. The van der Waals surface area contributed by atoms with Gasteiger partial charge in [-0.05, 0) is 31.1 Å². The van der Waals surface area contributed by atoms with Crippen LogP contribution in [0.2, 0.25) is 0 Å². The first-order valence-electron chi connectivity index (χ1n) is 8.18. The molecule has 5 nitrogen and oxygen atoms in total. The van der Waals surface area contributed by atoms with Crippen LogP contribution in [-0.2, 0) is 11.2 Å². The highest BCUT2D eigenvalue weighted by Gasteiger charge is 2.14. The number of primary amides is 1. The largest absolute Gasteiger partial charge is 0.493 e. The van der Waals surface area contributed by atoms with Gasteiger partial charge in [0.15, 0.2) is 0 Å². The minimum absolute atomic E-state index is 0.322. The van der Waals surface area contributed by atoms with Crippen LogP contribution in [0.25, 0.3) is 6.08 Å². The average molecular weight is 358 g/mol. The molecule has 1 heterocycles. The molecule has 3 N–H and O–H groups in total. The minimum atomic E-state index is -0.548. The zero-order valence-corrected chi connectivity index (χ0v) is 15.2. The number of benzene rings is 1. The summed E-state index contributed by atoms with van der Waals surface area (Å²) in [7, 11) is 0. The van der Waals surface area contributed by atoms with Gasteiger partial charge in [0.2, 0.25) is 5.91 Å². The van der Waals surface area contributed by atoms with Gasteiger partial charge in [-0.2, -0.15) is 0 Å². The Morgan fingerprint density at radius 3 is 2.72 bits per heavy atom. The fourth-order valence-electron chi connectivity index (χ4n) is 2.17. The molecule has 1 aromatic heterocycles. The Hall–Kier alpha value is -2.60. The van der Waals surface area contributed by atoms with E-state index in [0.717, 1.165) is 29.0 Å². The van der Waals surface area contributed by atoms with Gasteiger partial charge in [0.05, 0.1) is 12.2 Å². The van der Waals surface area contributed by atoms with E-state index in [2.05, 4.69) is 5.32 Å². The molecule has 0 atom stereocenters. The van der Waals surface area contributed by atoms with E-state index >= 15 is 0 Å². The van der Waals surface area contributed by atoms with Gasteiger partial charge in [-0.3, -0.25) is 9.59 Å². The van der Waals surface area contributed by atoms with Gasteiger partial charge in [0.1, 0.15) is 10.8 Å². The average Bonchev–Trinajstić information content (AvgIpc) is 3.02. The molecule has 0 bridgehead atoms. The number of aryl methyl sites for hydroxylation is 1. The third kappa shape index (κ3) is 5.19. The van der Waals surface area contributed by atoms with E-state index in [1.54, 1.807) is 12.1 Å². The fourth-order valence-corrected chi connectivity index (χ4v) is 3.18. The number of anilines is 1. The molecule has 0 saturated heterocycles. The van der Waals surface area contributed by atoms with Gasteiger partial charge in [-0.15, -0.1) is 11.3 Å². The third-order valence-corrected chi connectivity index (χ3v) is 4.62. The molecule has 25 heavy (non-hydrogen) atoms. The lowest BCUT2D eigenvalue weighted by atomic mass is 10.2. The van der Waals surface area contributed by atoms with E-state index < -0.39 is 5.91 Å². The molecule has 0 aliphatic rings. The molecule has 0 unspecified atom stereocenters. The highest BCUT2D eigenvalue weighted by molar-refractivity contribution is 7.16. The SMILES string of the molecule is CCCOc1ccccc1/C=C/C(=O)Nc1sc(CC)cc1C(N)=O. The van der Waals surface area contributed by atoms with Crippen LogP contribution in [0.4, 0.5) is 5.00 Å². The molecule has 0 fully saturated rings. The Bertz CT molecular complexity index is 781. The van der Waals surface area contributed by atoms with Gasteiger partial charge in [0.25, 0.3) is 5.91 Å². The van der Waals surface area contributed by atoms with Crippen LogP contribution >= 0.6 is 11.3 Å². The molecule has 0 radical (unpaired) electrons. The van der Waals surface area contributed by atoms with Crippen LogP contribution in [0, 0.1) is 0 Å². The highest BCUT2D eigenvalue weighted by Crippen LogP contribution is 2.28. The van der Waals surface area contributed by atoms with Crippen molar-refractivity contribution in [3.8, 4) is 5.75 Å². The molecule has 1 aromatic carbocycles. The molecular formula is C19H22N2O3S. The number of amides is 2. The van der Waals surface area contributed by atoms with Crippen molar-refractivity contribution in [1.82, 2.24) is 0 Å².